The number of amides is 2. The van der Waals surface area contributed by atoms with Crippen LogP contribution in [0.4, 0.5) is 5.69 Å². The second kappa shape index (κ2) is 7.53. The summed E-state index contributed by atoms with van der Waals surface area (Å²) in [5.41, 5.74) is 7.14. The van der Waals surface area contributed by atoms with Crippen LogP contribution in [0.25, 0.3) is 0 Å². The van der Waals surface area contributed by atoms with Gasteiger partial charge in [0.25, 0.3) is 0 Å². The predicted molar refractivity (Wildman–Crippen MR) is 80.0 cm³/mol. The van der Waals surface area contributed by atoms with Crippen LogP contribution in [0, 0.1) is 5.92 Å². The van der Waals surface area contributed by atoms with Crippen molar-refractivity contribution in [3.8, 4) is 0 Å². The first kappa shape index (κ1) is 16.0. The second-order valence-electron chi connectivity index (χ2n) is 4.96. The van der Waals surface area contributed by atoms with Crippen LogP contribution in [0.3, 0.4) is 0 Å². The van der Waals surface area contributed by atoms with Gasteiger partial charge in [-0.1, -0.05) is 32.4 Å². The lowest BCUT2D eigenvalue weighted by molar-refractivity contribution is -0.129. The van der Waals surface area contributed by atoms with E-state index in [4.69, 9.17) is 5.73 Å². The number of nitrogens with one attached hydrogen (secondary N) is 2. The molecule has 0 aromatic heterocycles. The molecular weight excluding hydrogens is 254 g/mol. The van der Waals surface area contributed by atoms with E-state index in [-0.39, 0.29) is 24.2 Å². The Hall–Kier alpha value is -2.04. The lowest BCUT2D eigenvalue weighted by atomic mass is 9.98. The van der Waals surface area contributed by atoms with Crippen molar-refractivity contribution in [2.45, 2.75) is 32.7 Å². The first-order valence-electron chi connectivity index (χ1n) is 6.83. The zero-order valence-electron chi connectivity index (χ0n) is 12.3. The molecule has 2 amide bonds. The summed E-state index contributed by atoms with van der Waals surface area (Å²) in [4.78, 5) is 23.8. The lowest BCUT2D eigenvalue weighted by Crippen LogP contribution is -2.49. The van der Waals surface area contributed by atoms with Crippen molar-refractivity contribution in [1.82, 2.24) is 10.6 Å². The number of nitrogens with two attached hydrogens (primary N) is 1. The third-order valence-electron chi connectivity index (χ3n) is 3.40. The zero-order chi connectivity index (χ0) is 15.1. The summed E-state index contributed by atoms with van der Waals surface area (Å²) in [6.45, 7) is 3.94. The highest BCUT2D eigenvalue weighted by Gasteiger charge is 2.24. The van der Waals surface area contributed by atoms with Crippen molar-refractivity contribution >= 4 is 17.5 Å². The Kier molecular flexibility index (Phi) is 6.03. The molecule has 0 fully saturated rings. The Balaban J connectivity index is 2.66. The average molecular weight is 277 g/mol. The maximum absolute atomic E-state index is 12.0. The Morgan fingerprint density at radius 2 is 1.85 bits per heavy atom. The summed E-state index contributed by atoms with van der Waals surface area (Å²) in [5, 5.41) is 5.39. The summed E-state index contributed by atoms with van der Waals surface area (Å²) >= 11 is 0. The van der Waals surface area contributed by atoms with Crippen LogP contribution in [0.5, 0.6) is 0 Å². The van der Waals surface area contributed by atoms with Gasteiger partial charge in [-0.3, -0.25) is 9.59 Å². The Morgan fingerprint density at radius 1 is 1.25 bits per heavy atom. The van der Waals surface area contributed by atoms with E-state index in [2.05, 4.69) is 10.6 Å². The van der Waals surface area contributed by atoms with Crippen molar-refractivity contribution in [2.24, 2.45) is 5.92 Å². The standard InChI is InChI=1S/C15H23N3O2/c1-4-10(2)14(15(20)17-3)18-13(19)9-11-5-7-12(16)8-6-11/h5-8,10,14H,4,9,16H2,1-3H3,(H,17,20)(H,18,19). The molecule has 5 nitrogen and oxygen atoms in total. The fraction of sp³-hybridized carbons (Fsp3) is 0.467. The molecule has 2 atom stereocenters. The Morgan fingerprint density at radius 3 is 2.35 bits per heavy atom. The van der Waals surface area contributed by atoms with E-state index in [0.29, 0.717) is 5.69 Å². The first-order chi connectivity index (χ1) is 9.47. The number of likely N-dealkylation sites (N-methyl/N-ethyl adjacent to an activating group) is 1. The van der Waals surface area contributed by atoms with Gasteiger partial charge in [0.15, 0.2) is 0 Å². The van der Waals surface area contributed by atoms with Gasteiger partial charge in [-0.25, -0.2) is 0 Å². The minimum atomic E-state index is -0.494. The van der Waals surface area contributed by atoms with E-state index >= 15 is 0 Å². The fourth-order valence-electron chi connectivity index (χ4n) is 1.90. The van der Waals surface area contributed by atoms with Crippen LogP contribution in [0.1, 0.15) is 25.8 Å². The lowest BCUT2D eigenvalue weighted by Gasteiger charge is -2.22. The largest absolute Gasteiger partial charge is 0.399 e. The number of benzene rings is 1. The van der Waals surface area contributed by atoms with Gasteiger partial charge in [0.05, 0.1) is 6.42 Å². The van der Waals surface area contributed by atoms with Crippen LogP contribution >= 0.6 is 0 Å². The molecule has 0 aliphatic heterocycles. The van der Waals surface area contributed by atoms with E-state index in [1.54, 1.807) is 19.2 Å². The topological polar surface area (TPSA) is 84.2 Å². The van der Waals surface area contributed by atoms with Crippen LogP contribution in [-0.2, 0) is 16.0 Å². The molecule has 5 heteroatoms. The van der Waals surface area contributed by atoms with Crippen LogP contribution < -0.4 is 16.4 Å². The second-order valence-corrected chi connectivity index (χ2v) is 4.96. The highest BCUT2D eigenvalue weighted by Crippen LogP contribution is 2.10. The van der Waals surface area contributed by atoms with Crippen molar-refractivity contribution < 1.29 is 9.59 Å². The molecule has 20 heavy (non-hydrogen) atoms. The van der Waals surface area contributed by atoms with E-state index in [9.17, 15) is 9.59 Å². The number of anilines is 1. The number of carbonyl (C=O) groups excluding carboxylic acids is 2. The quantitative estimate of drug-likeness (QED) is 0.680. The smallest absolute Gasteiger partial charge is 0.242 e. The molecule has 0 bridgehead atoms. The third kappa shape index (κ3) is 4.57. The number of hydrogen-bond donors (Lipinski definition) is 3. The molecular formula is C15H23N3O2. The van der Waals surface area contributed by atoms with E-state index < -0.39 is 6.04 Å². The number of rotatable bonds is 6. The molecule has 0 saturated carbocycles. The molecule has 0 spiro atoms. The Bertz CT molecular complexity index is 457. The van der Waals surface area contributed by atoms with E-state index in [0.717, 1.165) is 12.0 Å². The average Bonchev–Trinajstić information content (AvgIpc) is 2.45. The minimum absolute atomic E-state index is 0.0883. The van der Waals surface area contributed by atoms with Gasteiger partial charge in [0.1, 0.15) is 6.04 Å². The molecule has 1 rings (SSSR count). The maximum Gasteiger partial charge on any atom is 0.242 e. The highest BCUT2D eigenvalue weighted by atomic mass is 16.2. The van der Waals surface area contributed by atoms with Gasteiger partial charge in [0, 0.05) is 12.7 Å². The van der Waals surface area contributed by atoms with Gasteiger partial charge in [-0.05, 0) is 23.6 Å². The Labute approximate surface area is 119 Å². The molecule has 4 N–H and O–H groups in total. The van der Waals surface area contributed by atoms with Gasteiger partial charge in [0.2, 0.25) is 11.8 Å². The molecule has 1 aromatic rings. The number of carbonyl (C=O) groups is 2. The molecule has 0 radical (unpaired) electrons. The van der Waals surface area contributed by atoms with Crippen LogP contribution in [0.2, 0.25) is 0 Å². The monoisotopic (exact) mass is 277 g/mol. The number of nitrogen functional groups attached to an aromatic ring is 1. The summed E-state index contributed by atoms with van der Waals surface area (Å²) in [6, 6.07) is 6.65. The van der Waals surface area contributed by atoms with Crippen LogP contribution in [-0.4, -0.2) is 24.9 Å². The normalized spacial score (nSPS) is 13.3. The van der Waals surface area contributed by atoms with Gasteiger partial charge in [-0.2, -0.15) is 0 Å². The molecule has 1 aromatic carbocycles. The molecule has 0 aliphatic carbocycles. The van der Waals surface area contributed by atoms with Crippen LogP contribution in [0.15, 0.2) is 24.3 Å². The molecule has 0 saturated heterocycles. The van der Waals surface area contributed by atoms with Crippen molar-refractivity contribution in [3.05, 3.63) is 29.8 Å². The predicted octanol–water partition coefficient (Wildman–Crippen LogP) is 1.09. The fourth-order valence-corrected chi connectivity index (χ4v) is 1.90. The van der Waals surface area contributed by atoms with Crippen molar-refractivity contribution in [2.75, 3.05) is 12.8 Å². The molecule has 0 aliphatic rings. The van der Waals surface area contributed by atoms with E-state index in [1.165, 1.54) is 0 Å². The molecule has 2 unspecified atom stereocenters. The summed E-state index contributed by atoms with van der Waals surface area (Å²) in [5.74, 6) is -0.237. The molecule has 110 valence electrons. The highest BCUT2D eigenvalue weighted by molar-refractivity contribution is 5.88. The summed E-state index contributed by atoms with van der Waals surface area (Å²) in [7, 11) is 1.57. The van der Waals surface area contributed by atoms with Gasteiger partial charge < -0.3 is 16.4 Å². The van der Waals surface area contributed by atoms with E-state index in [1.807, 2.05) is 26.0 Å². The van der Waals surface area contributed by atoms with Crippen molar-refractivity contribution in [3.63, 3.8) is 0 Å². The maximum atomic E-state index is 12.0. The molecule has 0 heterocycles. The summed E-state index contributed by atoms with van der Waals surface area (Å²) < 4.78 is 0. The van der Waals surface area contributed by atoms with Gasteiger partial charge >= 0.3 is 0 Å². The third-order valence-corrected chi connectivity index (χ3v) is 3.40. The SMILES string of the molecule is CCC(C)C(NC(=O)Cc1ccc(N)cc1)C(=O)NC. The zero-order valence-corrected chi connectivity index (χ0v) is 12.3. The minimum Gasteiger partial charge on any atom is -0.399 e. The first-order valence-corrected chi connectivity index (χ1v) is 6.83. The number of hydrogen-bond acceptors (Lipinski definition) is 3. The van der Waals surface area contributed by atoms with Crippen molar-refractivity contribution in [1.29, 1.82) is 0 Å². The van der Waals surface area contributed by atoms with Gasteiger partial charge in [-0.15, -0.1) is 0 Å². The summed E-state index contributed by atoms with van der Waals surface area (Å²) in [6.07, 6.45) is 1.06.